The minimum absolute atomic E-state index is 0.111. The summed E-state index contributed by atoms with van der Waals surface area (Å²) in [5.41, 5.74) is 0.966. The fourth-order valence-corrected chi connectivity index (χ4v) is 3.26. The van der Waals surface area contributed by atoms with E-state index in [4.69, 9.17) is 4.74 Å². The summed E-state index contributed by atoms with van der Waals surface area (Å²) in [5.74, 6) is -0.380. The Morgan fingerprint density at radius 3 is 2.25 bits per heavy atom. The maximum atomic E-state index is 12.3. The summed E-state index contributed by atoms with van der Waals surface area (Å²) < 4.78 is 5.26. The SMILES string of the molecule is CC[C@@H](CCC(=O)OCc1ccccc1)C(=O)Sc1ccccc1. The van der Waals surface area contributed by atoms with Crippen LogP contribution in [0.25, 0.3) is 0 Å². The smallest absolute Gasteiger partial charge is 0.306 e. The first kappa shape index (κ1) is 18.3. The van der Waals surface area contributed by atoms with Gasteiger partial charge in [0.25, 0.3) is 0 Å². The summed E-state index contributed by atoms with van der Waals surface area (Å²) >= 11 is 1.25. The van der Waals surface area contributed by atoms with Crippen molar-refractivity contribution in [1.82, 2.24) is 0 Å². The van der Waals surface area contributed by atoms with Crippen molar-refractivity contribution in [3.63, 3.8) is 0 Å². The molecule has 0 saturated carbocycles. The summed E-state index contributed by atoms with van der Waals surface area (Å²) in [6.07, 6.45) is 1.53. The van der Waals surface area contributed by atoms with E-state index in [0.29, 0.717) is 6.42 Å². The van der Waals surface area contributed by atoms with Crippen LogP contribution in [0.5, 0.6) is 0 Å². The van der Waals surface area contributed by atoms with Gasteiger partial charge in [0.05, 0.1) is 0 Å². The molecular formula is C20H22O3S. The van der Waals surface area contributed by atoms with Crippen molar-refractivity contribution in [2.75, 3.05) is 0 Å². The zero-order valence-electron chi connectivity index (χ0n) is 13.8. The van der Waals surface area contributed by atoms with Crippen molar-refractivity contribution in [3.8, 4) is 0 Å². The zero-order chi connectivity index (χ0) is 17.2. The Morgan fingerprint density at radius 1 is 1.00 bits per heavy atom. The van der Waals surface area contributed by atoms with Crippen LogP contribution in [-0.2, 0) is 20.9 Å². The van der Waals surface area contributed by atoms with E-state index < -0.39 is 0 Å². The van der Waals surface area contributed by atoms with Crippen molar-refractivity contribution >= 4 is 22.8 Å². The molecule has 2 aromatic rings. The summed E-state index contributed by atoms with van der Waals surface area (Å²) in [4.78, 5) is 25.2. The van der Waals surface area contributed by atoms with Crippen LogP contribution in [0.3, 0.4) is 0 Å². The monoisotopic (exact) mass is 342 g/mol. The molecule has 0 radical (unpaired) electrons. The van der Waals surface area contributed by atoms with E-state index in [1.807, 2.05) is 67.6 Å². The van der Waals surface area contributed by atoms with E-state index in [1.165, 1.54) is 11.8 Å². The lowest BCUT2D eigenvalue weighted by molar-refractivity contribution is -0.145. The third-order valence-corrected chi connectivity index (χ3v) is 4.77. The van der Waals surface area contributed by atoms with E-state index >= 15 is 0 Å². The van der Waals surface area contributed by atoms with Gasteiger partial charge in [-0.2, -0.15) is 0 Å². The molecule has 0 aliphatic rings. The van der Waals surface area contributed by atoms with Gasteiger partial charge >= 0.3 is 5.97 Å². The standard InChI is InChI=1S/C20H22O3S/c1-2-17(20(22)24-18-11-7-4-8-12-18)13-14-19(21)23-15-16-9-5-3-6-10-16/h3-12,17H,2,13-15H2,1H3/t17-/m0/s1. The molecule has 0 aliphatic carbocycles. The average Bonchev–Trinajstić information content (AvgIpc) is 2.62. The maximum Gasteiger partial charge on any atom is 0.306 e. The van der Waals surface area contributed by atoms with Crippen LogP contribution in [0, 0.1) is 5.92 Å². The van der Waals surface area contributed by atoms with Crippen molar-refractivity contribution in [1.29, 1.82) is 0 Å². The molecular weight excluding hydrogens is 320 g/mol. The van der Waals surface area contributed by atoms with E-state index in [9.17, 15) is 9.59 Å². The highest BCUT2D eigenvalue weighted by Gasteiger charge is 2.19. The summed E-state index contributed by atoms with van der Waals surface area (Å²) in [6, 6.07) is 19.2. The normalized spacial score (nSPS) is 11.7. The van der Waals surface area contributed by atoms with Gasteiger partial charge in [0.15, 0.2) is 5.12 Å². The first-order valence-electron chi connectivity index (χ1n) is 8.15. The zero-order valence-corrected chi connectivity index (χ0v) is 14.6. The molecule has 2 rings (SSSR count). The molecule has 0 N–H and O–H groups in total. The lowest BCUT2D eigenvalue weighted by Crippen LogP contribution is -2.13. The first-order valence-corrected chi connectivity index (χ1v) is 8.97. The van der Waals surface area contributed by atoms with E-state index in [1.54, 1.807) is 0 Å². The van der Waals surface area contributed by atoms with Crippen molar-refractivity contribution in [3.05, 3.63) is 66.2 Å². The second kappa shape index (κ2) is 9.93. The molecule has 0 bridgehead atoms. The number of hydrogen-bond donors (Lipinski definition) is 0. The van der Waals surface area contributed by atoms with Gasteiger partial charge in [0.2, 0.25) is 0 Å². The molecule has 0 fully saturated rings. The summed E-state index contributed by atoms with van der Waals surface area (Å²) in [7, 11) is 0. The fourth-order valence-electron chi connectivity index (χ4n) is 2.28. The van der Waals surface area contributed by atoms with Crippen molar-refractivity contribution < 1.29 is 14.3 Å². The molecule has 0 aromatic heterocycles. The van der Waals surface area contributed by atoms with E-state index in [2.05, 4.69) is 0 Å². The Kier molecular flexibility index (Phi) is 7.56. The Morgan fingerprint density at radius 2 is 1.62 bits per heavy atom. The number of carbonyl (C=O) groups is 2. The predicted molar refractivity (Wildman–Crippen MR) is 96.6 cm³/mol. The van der Waals surface area contributed by atoms with Crippen LogP contribution in [-0.4, -0.2) is 11.1 Å². The minimum Gasteiger partial charge on any atom is -0.461 e. The number of benzene rings is 2. The molecule has 0 heterocycles. The Balaban J connectivity index is 1.75. The molecule has 24 heavy (non-hydrogen) atoms. The molecule has 0 aliphatic heterocycles. The van der Waals surface area contributed by atoms with Crippen LogP contribution < -0.4 is 0 Å². The quantitative estimate of drug-likeness (QED) is 0.508. The lowest BCUT2D eigenvalue weighted by Gasteiger charge is -2.13. The Bertz CT molecular complexity index is 640. The highest BCUT2D eigenvalue weighted by atomic mass is 32.2. The van der Waals surface area contributed by atoms with Crippen LogP contribution in [0.15, 0.2) is 65.6 Å². The number of carbonyl (C=O) groups excluding carboxylic acids is 2. The number of rotatable bonds is 8. The van der Waals surface area contributed by atoms with Gasteiger partial charge in [-0.05, 0) is 30.5 Å². The van der Waals surface area contributed by atoms with Gasteiger partial charge < -0.3 is 4.74 Å². The molecule has 0 saturated heterocycles. The second-order valence-corrected chi connectivity index (χ2v) is 6.60. The third-order valence-electron chi connectivity index (χ3n) is 3.73. The molecule has 126 valence electrons. The molecule has 3 nitrogen and oxygen atoms in total. The molecule has 1 atom stereocenters. The minimum atomic E-state index is -0.255. The molecule has 2 aromatic carbocycles. The first-order chi connectivity index (χ1) is 11.7. The second-order valence-electron chi connectivity index (χ2n) is 5.52. The Labute approximate surface area is 147 Å². The molecule has 0 unspecified atom stereocenters. The number of ether oxygens (including phenoxy) is 1. The van der Waals surface area contributed by atoms with E-state index in [-0.39, 0.29) is 30.0 Å². The largest absolute Gasteiger partial charge is 0.461 e. The van der Waals surface area contributed by atoms with Crippen LogP contribution >= 0.6 is 11.8 Å². The highest BCUT2D eigenvalue weighted by Crippen LogP contribution is 2.26. The van der Waals surface area contributed by atoms with Gasteiger partial charge in [-0.25, -0.2) is 0 Å². The van der Waals surface area contributed by atoms with Crippen molar-refractivity contribution in [2.24, 2.45) is 5.92 Å². The number of esters is 1. The van der Waals surface area contributed by atoms with Gasteiger partial charge in [0, 0.05) is 17.2 Å². The van der Waals surface area contributed by atoms with Gasteiger partial charge in [-0.3, -0.25) is 9.59 Å². The molecule has 0 amide bonds. The Hall–Kier alpha value is -2.07. The molecule has 4 heteroatoms. The van der Waals surface area contributed by atoms with Crippen LogP contribution in [0.4, 0.5) is 0 Å². The lowest BCUT2D eigenvalue weighted by atomic mass is 10.0. The average molecular weight is 342 g/mol. The van der Waals surface area contributed by atoms with Crippen molar-refractivity contribution in [2.45, 2.75) is 37.7 Å². The fraction of sp³-hybridized carbons (Fsp3) is 0.300. The predicted octanol–water partition coefficient (Wildman–Crippen LogP) is 4.86. The highest BCUT2D eigenvalue weighted by molar-refractivity contribution is 8.13. The van der Waals surface area contributed by atoms with Gasteiger partial charge in [0.1, 0.15) is 6.61 Å². The van der Waals surface area contributed by atoms with Gasteiger partial charge in [-0.15, -0.1) is 0 Å². The number of hydrogen-bond acceptors (Lipinski definition) is 4. The van der Waals surface area contributed by atoms with Gasteiger partial charge in [-0.1, -0.05) is 67.2 Å². The molecule has 0 spiro atoms. The summed E-state index contributed by atoms with van der Waals surface area (Å²) in [5, 5.41) is 0.111. The topological polar surface area (TPSA) is 43.4 Å². The number of thioether (sulfide) groups is 1. The van der Waals surface area contributed by atoms with Crippen LogP contribution in [0.2, 0.25) is 0 Å². The van der Waals surface area contributed by atoms with Crippen LogP contribution in [0.1, 0.15) is 31.7 Å². The van der Waals surface area contributed by atoms with E-state index in [0.717, 1.165) is 16.9 Å². The maximum absolute atomic E-state index is 12.3. The third kappa shape index (κ3) is 6.20. The summed E-state index contributed by atoms with van der Waals surface area (Å²) in [6.45, 7) is 2.26.